The topological polar surface area (TPSA) is 79.3 Å². The molecule has 0 saturated heterocycles. The molecular formula is C12H15ClN2O3. The molecule has 2 N–H and O–H groups in total. The second kappa shape index (κ2) is 5.35. The number of aliphatic carboxylic acids is 1. The van der Waals surface area contributed by atoms with E-state index in [-0.39, 0.29) is 5.69 Å². The summed E-state index contributed by atoms with van der Waals surface area (Å²) >= 11 is 5.74. The average Bonchev–Trinajstić information content (AvgIpc) is 2.23. The molecule has 1 rings (SSSR count). The first-order valence-corrected chi connectivity index (χ1v) is 5.75. The number of carboxylic acids is 1. The summed E-state index contributed by atoms with van der Waals surface area (Å²) < 4.78 is 0. The third-order valence-corrected chi connectivity index (χ3v) is 2.58. The maximum absolute atomic E-state index is 11.9. The quantitative estimate of drug-likeness (QED) is 0.880. The highest BCUT2D eigenvalue weighted by molar-refractivity contribution is 6.30. The van der Waals surface area contributed by atoms with Gasteiger partial charge in [0.2, 0.25) is 0 Å². The molecule has 1 atom stereocenters. The molecule has 0 aromatic carbocycles. The summed E-state index contributed by atoms with van der Waals surface area (Å²) in [5.74, 6) is -1.64. The molecule has 1 heterocycles. The molecule has 0 aliphatic rings. The van der Waals surface area contributed by atoms with Crippen LogP contribution in [-0.2, 0) is 4.79 Å². The van der Waals surface area contributed by atoms with Crippen molar-refractivity contribution in [3.63, 3.8) is 0 Å². The van der Waals surface area contributed by atoms with Crippen molar-refractivity contribution < 1.29 is 14.7 Å². The Morgan fingerprint density at radius 1 is 1.44 bits per heavy atom. The second-order valence-corrected chi connectivity index (χ2v) is 5.41. The fourth-order valence-electron chi connectivity index (χ4n) is 1.38. The molecule has 1 amide bonds. The van der Waals surface area contributed by atoms with Crippen molar-refractivity contribution in [3.8, 4) is 0 Å². The van der Waals surface area contributed by atoms with E-state index in [4.69, 9.17) is 16.7 Å². The zero-order chi connectivity index (χ0) is 13.9. The molecule has 98 valence electrons. The predicted molar refractivity (Wildman–Crippen MR) is 67.6 cm³/mol. The first-order valence-electron chi connectivity index (χ1n) is 5.37. The van der Waals surface area contributed by atoms with Gasteiger partial charge in [0.15, 0.2) is 0 Å². The molecule has 0 aliphatic heterocycles. The highest BCUT2D eigenvalue weighted by Gasteiger charge is 2.33. The first kappa shape index (κ1) is 14.4. The number of rotatable bonds is 3. The van der Waals surface area contributed by atoms with Gasteiger partial charge in [-0.3, -0.25) is 9.78 Å². The number of carbonyl (C=O) groups is 2. The van der Waals surface area contributed by atoms with Crippen molar-refractivity contribution in [2.45, 2.75) is 26.8 Å². The SMILES string of the molecule is CC(C)(C)[C@@H](NC(=O)c1cc(Cl)ccn1)C(=O)O. The number of aromatic nitrogens is 1. The summed E-state index contributed by atoms with van der Waals surface area (Å²) in [6.07, 6.45) is 1.39. The lowest BCUT2D eigenvalue weighted by Crippen LogP contribution is -2.49. The van der Waals surface area contributed by atoms with E-state index < -0.39 is 23.3 Å². The molecule has 1 aromatic heterocycles. The molecule has 0 aliphatic carbocycles. The Hall–Kier alpha value is -1.62. The third-order valence-electron chi connectivity index (χ3n) is 2.34. The van der Waals surface area contributed by atoms with Crippen LogP contribution in [0.4, 0.5) is 0 Å². The van der Waals surface area contributed by atoms with Crippen molar-refractivity contribution in [3.05, 3.63) is 29.0 Å². The van der Waals surface area contributed by atoms with E-state index in [0.717, 1.165) is 0 Å². The van der Waals surface area contributed by atoms with Crippen LogP contribution >= 0.6 is 11.6 Å². The van der Waals surface area contributed by atoms with Crippen molar-refractivity contribution in [1.82, 2.24) is 10.3 Å². The van der Waals surface area contributed by atoms with Crippen LogP contribution in [0.3, 0.4) is 0 Å². The highest BCUT2D eigenvalue weighted by Crippen LogP contribution is 2.20. The lowest BCUT2D eigenvalue weighted by Gasteiger charge is -2.27. The second-order valence-electron chi connectivity index (χ2n) is 4.97. The lowest BCUT2D eigenvalue weighted by molar-refractivity contribution is -0.142. The molecule has 0 saturated carbocycles. The Morgan fingerprint density at radius 3 is 2.50 bits per heavy atom. The molecule has 1 aromatic rings. The van der Waals surface area contributed by atoms with E-state index >= 15 is 0 Å². The van der Waals surface area contributed by atoms with Gasteiger partial charge in [-0.25, -0.2) is 4.79 Å². The first-order chi connectivity index (χ1) is 8.21. The number of carbonyl (C=O) groups excluding carboxylic acids is 1. The van der Waals surface area contributed by atoms with Gasteiger partial charge in [-0.15, -0.1) is 0 Å². The Labute approximate surface area is 110 Å². The lowest BCUT2D eigenvalue weighted by atomic mass is 9.86. The van der Waals surface area contributed by atoms with E-state index in [1.807, 2.05) is 0 Å². The zero-order valence-corrected chi connectivity index (χ0v) is 11.2. The summed E-state index contributed by atoms with van der Waals surface area (Å²) in [5.41, 5.74) is -0.502. The van der Waals surface area contributed by atoms with Gasteiger partial charge in [0.05, 0.1) is 0 Å². The summed E-state index contributed by atoms with van der Waals surface area (Å²) in [5, 5.41) is 11.9. The molecule has 0 fully saturated rings. The molecule has 18 heavy (non-hydrogen) atoms. The van der Waals surface area contributed by atoms with Gasteiger partial charge in [0, 0.05) is 11.2 Å². The molecule has 0 spiro atoms. The van der Waals surface area contributed by atoms with Crippen LogP contribution in [0, 0.1) is 5.41 Å². The number of amides is 1. The van der Waals surface area contributed by atoms with Gasteiger partial charge in [-0.1, -0.05) is 32.4 Å². The molecule has 0 unspecified atom stereocenters. The Kier molecular flexibility index (Phi) is 4.29. The minimum absolute atomic E-state index is 0.0954. The zero-order valence-electron chi connectivity index (χ0n) is 10.4. The number of nitrogens with one attached hydrogen (secondary N) is 1. The molecular weight excluding hydrogens is 256 g/mol. The number of hydrogen-bond donors (Lipinski definition) is 2. The summed E-state index contributed by atoms with van der Waals surface area (Å²) in [7, 11) is 0. The van der Waals surface area contributed by atoms with Gasteiger partial charge in [0.1, 0.15) is 11.7 Å². The fourth-order valence-corrected chi connectivity index (χ4v) is 1.54. The van der Waals surface area contributed by atoms with Crippen LogP contribution in [0.25, 0.3) is 0 Å². The molecule has 6 heteroatoms. The van der Waals surface area contributed by atoms with Crippen molar-refractivity contribution >= 4 is 23.5 Å². The number of nitrogens with zero attached hydrogens (tertiary/aromatic N) is 1. The standard InChI is InChI=1S/C12H15ClN2O3/c1-12(2,3)9(11(17)18)15-10(16)8-6-7(13)4-5-14-8/h4-6,9H,1-3H3,(H,15,16)(H,17,18)/t9-/m0/s1. The van der Waals surface area contributed by atoms with Gasteiger partial charge in [-0.2, -0.15) is 0 Å². The number of carboxylic acid groups (broad SMARTS) is 1. The van der Waals surface area contributed by atoms with Gasteiger partial charge in [-0.05, 0) is 17.5 Å². The smallest absolute Gasteiger partial charge is 0.326 e. The van der Waals surface area contributed by atoms with E-state index in [9.17, 15) is 9.59 Å². The maximum Gasteiger partial charge on any atom is 0.326 e. The Morgan fingerprint density at radius 2 is 2.06 bits per heavy atom. The summed E-state index contributed by atoms with van der Waals surface area (Å²) in [4.78, 5) is 26.8. The van der Waals surface area contributed by atoms with Crippen LogP contribution in [0.15, 0.2) is 18.3 Å². The largest absolute Gasteiger partial charge is 0.480 e. The fraction of sp³-hybridized carbons (Fsp3) is 0.417. The number of pyridine rings is 1. The highest BCUT2D eigenvalue weighted by atomic mass is 35.5. The van der Waals surface area contributed by atoms with Gasteiger partial charge >= 0.3 is 5.97 Å². The Bertz CT molecular complexity index is 469. The third kappa shape index (κ3) is 3.70. The van der Waals surface area contributed by atoms with Crippen LogP contribution < -0.4 is 5.32 Å². The summed E-state index contributed by atoms with van der Waals surface area (Å²) in [6.45, 7) is 5.20. The van der Waals surface area contributed by atoms with Crippen LogP contribution in [0.5, 0.6) is 0 Å². The van der Waals surface area contributed by atoms with E-state index in [0.29, 0.717) is 5.02 Å². The molecule has 5 nitrogen and oxygen atoms in total. The molecule has 0 bridgehead atoms. The minimum Gasteiger partial charge on any atom is -0.480 e. The van der Waals surface area contributed by atoms with Crippen molar-refractivity contribution in [1.29, 1.82) is 0 Å². The van der Waals surface area contributed by atoms with E-state index in [1.54, 1.807) is 20.8 Å². The van der Waals surface area contributed by atoms with Crippen molar-refractivity contribution in [2.24, 2.45) is 5.41 Å². The summed E-state index contributed by atoms with van der Waals surface area (Å²) in [6, 6.07) is 1.93. The maximum atomic E-state index is 11.9. The monoisotopic (exact) mass is 270 g/mol. The van der Waals surface area contributed by atoms with E-state index in [2.05, 4.69) is 10.3 Å². The van der Waals surface area contributed by atoms with Crippen LogP contribution in [0.2, 0.25) is 5.02 Å². The van der Waals surface area contributed by atoms with Crippen molar-refractivity contribution in [2.75, 3.05) is 0 Å². The van der Waals surface area contributed by atoms with Crippen LogP contribution in [-0.4, -0.2) is 28.0 Å². The molecule has 0 radical (unpaired) electrons. The van der Waals surface area contributed by atoms with Gasteiger partial charge < -0.3 is 10.4 Å². The van der Waals surface area contributed by atoms with Gasteiger partial charge in [0.25, 0.3) is 5.91 Å². The number of hydrogen-bond acceptors (Lipinski definition) is 3. The Balaban J connectivity index is 2.89. The van der Waals surface area contributed by atoms with E-state index in [1.165, 1.54) is 18.3 Å². The normalized spacial score (nSPS) is 12.9. The predicted octanol–water partition coefficient (Wildman–Crippen LogP) is 1.96. The number of halogens is 1. The average molecular weight is 271 g/mol. The minimum atomic E-state index is -1.09. The van der Waals surface area contributed by atoms with Crippen LogP contribution in [0.1, 0.15) is 31.3 Å².